The van der Waals surface area contributed by atoms with Gasteiger partial charge in [0.25, 0.3) is 0 Å². The van der Waals surface area contributed by atoms with Crippen LogP contribution in [0, 0.1) is 5.92 Å². The van der Waals surface area contributed by atoms with Crippen LogP contribution in [0.25, 0.3) is 0 Å². The van der Waals surface area contributed by atoms with Gasteiger partial charge in [-0.1, -0.05) is 0 Å². The van der Waals surface area contributed by atoms with Crippen molar-refractivity contribution in [2.24, 2.45) is 5.92 Å². The van der Waals surface area contributed by atoms with Crippen LogP contribution in [0.1, 0.15) is 12.6 Å². The lowest BCUT2D eigenvalue weighted by molar-refractivity contribution is -0.142. The van der Waals surface area contributed by atoms with Crippen molar-refractivity contribution in [3.05, 3.63) is 24.0 Å². The summed E-state index contributed by atoms with van der Waals surface area (Å²) in [5.41, 5.74) is 0.484. The molecule has 1 atom stereocenters. The third kappa shape index (κ3) is 2.12. The Bertz CT molecular complexity index is 474. The van der Waals surface area contributed by atoms with Gasteiger partial charge >= 0.3 is 6.03 Å². The summed E-state index contributed by atoms with van der Waals surface area (Å²) in [4.78, 5) is 35.4. The zero-order valence-electron chi connectivity index (χ0n) is 9.08. The lowest BCUT2D eigenvalue weighted by atomic mass is 10.1. The van der Waals surface area contributed by atoms with Gasteiger partial charge in [-0.3, -0.25) is 19.8 Å². The number of aromatic nitrogens is 2. The highest BCUT2D eigenvalue weighted by atomic mass is 16.2. The zero-order valence-corrected chi connectivity index (χ0v) is 9.08. The summed E-state index contributed by atoms with van der Waals surface area (Å²) in [6, 6.07) is 2.58. The van der Waals surface area contributed by atoms with Crippen molar-refractivity contribution in [3.8, 4) is 0 Å². The summed E-state index contributed by atoms with van der Waals surface area (Å²) in [6.45, 7) is 1.46. The van der Waals surface area contributed by atoms with Crippen LogP contribution in [0.5, 0.6) is 0 Å². The maximum Gasteiger partial charge on any atom is 0.331 e. The molecule has 0 spiro atoms. The summed E-state index contributed by atoms with van der Waals surface area (Å²) in [7, 11) is 0. The minimum Gasteiger partial charge on any atom is -0.277 e. The molecule has 1 aliphatic rings. The molecule has 0 bridgehead atoms. The lowest BCUT2D eigenvalue weighted by Crippen LogP contribution is -2.56. The summed E-state index contributed by atoms with van der Waals surface area (Å²) >= 11 is 0. The van der Waals surface area contributed by atoms with Gasteiger partial charge < -0.3 is 0 Å². The molecule has 1 aromatic rings. The number of nitrogens with zero attached hydrogens (tertiary/aromatic N) is 3. The second-order valence-corrected chi connectivity index (χ2v) is 3.66. The Balaban J connectivity index is 2.18. The van der Waals surface area contributed by atoms with E-state index in [1.807, 2.05) is 0 Å². The van der Waals surface area contributed by atoms with Gasteiger partial charge in [0.05, 0.1) is 12.2 Å². The van der Waals surface area contributed by atoms with Crippen molar-refractivity contribution in [2.75, 3.05) is 0 Å². The second-order valence-electron chi connectivity index (χ2n) is 3.66. The molecule has 0 aromatic carbocycles. The largest absolute Gasteiger partial charge is 0.331 e. The van der Waals surface area contributed by atoms with Crippen molar-refractivity contribution in [1.82, 2.24) is 20.4 Å². The van der Waals surface area contributed by atoms with Crippen LogP contribution in [0.4, 0.5) is 4.79 Å². The Morgan fingerprint density at radius 2 is 2.18 bits per heavy atom. The quantitative estimate of drug-likeness (QED) is 0.708. The van der Waals surface area contributed by atoms with Gasteiger partial charge in [-0.2, -0.15) is 10.2 Å². The van der Waals surface area contributed by atoms with Crippen LogP contribution in [-0.2, 0) is 16.1 Å². The molecular weight excluding hydrogens is 224 g/mol. The highest BCUT2D eigenvalue weighted by molar-refractivity contribution is 6.15. The van der Waals surface area contributed by atoms with E-state index in [1.54, 1.807) is 12.1 Å². The number of urea groups is 1. The average Bonchev–Trinajstić information content (AvgIpc) is 2.33. The number of hydrogen-bond donors (Lipinski definition) is 1. The Kier molecular flexibility index (Phi) is 2.82. The predicted molar refractivity (Wildman–Crippen MR) is 55.3 cm³/mol. The van der Waals surface area contributed by atoms with E-state index in [4.69, 9.17) is 0 Å². The molecule has 1 unspecified atom stereocenters. The molecule has 2 heterocycles. The smallest absolute Gasteiger partial charge is 0.277 e. The van der Waals surface area contributed by atoms with E-state index in [1.165, 1.54) is 13.1 Å². The standard InChI is InChI=1S/C10H10N4O3/c1-6-8(15)12-10(17)14(9(6)16)5-7-3-2-4-11-13-7/h2-4,6H,5H2,1H3,(H,12,15,17). The fourth-order valence-electron chi connectivity index (χ4n) is 1.46. The van der Waals surface area contributed by atoms with Crippen LogP contribution in [0.3, 0.4) is 0 Å². The van der Waals surface area contributed by atoms with E-state index in [-0.39, 0.29) is 6.54 Å². The van der Waals surface area contributed by atoms with Gasteiger partial charge in [-0.05, 0) is 19.1 Å². The molecule has 4 amide bonds. The fraction of sp³-hybridized carbons (Fsp3) is 0.300. The van der Waals surface area contributed by atoms with E-state index < -0.39 is 23.8 Å². The Labute approximate surface area is 96.8 Å². The third-order valence-corrected chi connectivity index (χ3v) is 2.45. The molecule has 1 saturated heterocycles. The predicted octanol–water partition coefficient (Wildman–Crippen LogP) is -0.309. The number of amides is 4. The number of imide groups is 2. The first-order valence-electron chi connectivity index (χ1n) is 5.02. The Hall–Kier alpha value is -2.31. The number of carbonyl (C=O) groups is 3. The van der Waals surface area contributed by atoms with Crippen molar-refractivity contribution >= 4 is 17.8 Å². The van der Waals surface area contributed by atoms with Gasteiger partial charge in [-0.25, -0.2) is 4.79 Å². The van der Waals surface area contributed by atoms with E-state index in [0.29, 0.717) is 5.69 Å². The molecule has 0 radical (unpaired) electrons. The van der Waals surface area contributed by atoms with Crippen LogP contribution in [-0.4, -0.2) is 32.9 Å². The summed E-state index contributed by atoms with van der Waals surface area (Å²) < 4.78 is 0. The number of barbiturate groups is 1. The van der Waals surface area contributed by atoms with E-state index >= 15 is 0 Å². The molecule has 7 heteroatoms. The maximum absolute atomic E-state index is 11.7. The number of nitrogens with one attached hydrogen (secondary N) is 1. The minimum absolute atomic E-state index is 0.0100. The molecule has 2 rings (SSSR count). The van der Waals surface area contributed by atoms with Gasteiger partial charge in [0.2, 0.25) is 11.8 Å². The maximum atomic E-state index is 11.7. The molecule has 7 nitrogen and oxygen atoms in total. The summed E-state index contributed by atoms with van der Waals surface area (Å²) in [5.74, 6) is -1.95. The summed E-state index contributed by atoms with van der Waals surface area (Å²) in [6.07, 6.45) is 1.49. The molecule has 0 saturated carbocycles. The topological polar surface area (TPSA) is 92.3 Å². The van der Waals surface area contributed by atoms with E-state index in [0.717, 1.165) is 4.90 Å². The summed E-state index contributed by atoms with van der Waals surface area (Å²) in [5, 5.41) is 9.53. The number of carbonyl (C=O) groups excluding carboxylic acids is 3. The first kappa shape index (κ1) is 11.2. The first-order valence-corrected chi connectivity index (χ1v) is 5.02. The molecule has 0 aliphatic carbocycles. The number of hydrogen-bond acceptors (Lipinski definition) is 5. The second kappa shape index (κ2) is 4.28. The normalized spacial score (nSPS) is 20.4. The van der Waals surface area contributed by atoms with E-state index in [9.17, 15) is 14.4 Å². The third-order valence-electron chi connectivity index (χ3n) is 2.45. The minimum atomic E-state index is -0.857. The zero-order chi connectivity index (χ0) is 12.4. The number of rotatable bonds is 2. The van der Waals surface area contributed by atoms with Gasteiger partial charge in [0.1, 0.15) is 5.92 Å². The fourth-order valence-corrected chi connectivity index (χ4v) is 1.46. The Morgan fingerprint density at radius 3 is 2.82 bits per heavy atom. The van der Waals surface area contributed by atoms with Crippen LogP contribution < -0.4 is 5.32 Å². The van der Waals surface area contributed by atoms with Gasteiger partial charge in [0.15, 0.2) is 0 Å². The first-order chi connectivity index (χ1) is 8.09. The monoisotopic (exact) mass is 234 g/mol. The van der Waals surface area contributed by atoms with Crippen LogP contribution in [0.2, 0.25) is 0 Å². The van der Waals surface area contributed by atoms with Crippen molar-refractivity contribution in [3.63, 3.8) is 0 Å². The van der Waals surface area contributed by atoms with Crippen molar-refractivity contribution < 1.29 is 14.4 Å². The average molecular weight is 234 g/mol. The molecule has 1 N–H and O–H groups in total. The molecule has 17 heavy (non-hydrogen) atoms. The van der Waals surface area contributed by atoms with Crippen LogP contribution in [0.15, 0.2) is 18.3 Å². The highest BCUT2D eigenvalue weighted by Gasteiger charge is 2.37. The lowest BCUT2D eigenvalue weighted by Gasteiger charge is -2.27. The van der Waals surface area contributed by atoms with Gasteiger partial charge in [-0.15, -0.1) is 0 Å². The van der Waals surface area contributed by atoms with Crippen molar-refractivity contribution in [2.45, 2.75) is 13.5 Å². The van der Waals surface area contributed by atoms with Crippen LogP contribution >= 0.6 is 0 Å². The SMILES string of the molecule is CC1C(=O)NC(=O)N(Cc2cccnn2)C1=O. The molecule has 1 aliphatic heterocycles. The Morgan fingerprint density at radius 1 is 1.41 bits per heavy atom. The molecule has 1 fully saturated rings. The molecule has 1 aromatic heterocycles. The molecule has 88 valence electrons. The highest BCUT2D eigenvalue weighted by Crippen LogP contribution is 2.12. The van der Waals surface area contributed by atoms with Crippen molar-refractivity contribution in [1.29, 1.82) is 0 Å². The van der Waals surface area contributed by atoms with Gasteiger partial charge in [0, 0.05) is 6.20 Å². The molecular formula is C10H10N4O3. The van der Waals surface area contributed by atoms with E-state index in [2.05, 4.69) is 15.5 Å².